The molecular weight excluding hydrogens is 454 g/mol. The van der Waals surface area contributed by atoms with Crippen molar-refractivity contribution in [2.75, 3.05) is 10.6 Å². The van der Waals surface area contributed by atoms with Crippen LogP contribution in [0.25, 0.3) is 0 Å². The quantitative estimate of drug-likeness (QED) is 0.340. The van der Waals surface area contributed by atoms with Crippen molar-refractivity contribution in [3.8, 4) is 5.75 Å². The fourth-order valence-corrected chi connectivity index (χ4v) is 3.64. The van der Waals surface area contributed by atoms with Crippen molar-refractivity contribution in [1.29, 1.82) is 0 Å². The zero-order valence-corrected chi connectivity index (χ0v) is 19.3. The number of amides is 2. The van der Waals surface area contributed by atoms with E-state index in [0.717, 1.165) is 22.4 Å². The highest BCUT2D eigenvalue weighted by molar-refractivity contribution is 6.31. The number of halogens is 1. The predicted molar refractivity (Wildman–Crippen MR) is 131 cm³/mol. The first-order valence-corrected chi connectivity index (χ1v) is 10.9. The molecule has 8 heteroatoms. The fourth-order valence-electron chi connectivity index (χ4n) is 3.46. The number of pyridine rings is 1. The Hall–Kier alpha value is -4.10. The van der Waals surface area contributed by atoms with Gasteiger partial charge in [-0.05, 0) is 73.5 Å². The van der Waals surface area contributed by atoms with Gasteiger partial charge in [-0.1, -0.05) is 17.7 Å². The van der Waals surface area contributed by atoms with Gasteiger partial charge in [-0.3, -0.25) is 14.6 Å². The third-order valence-electron chi connectivity index (χ3n) is 5.05. The first-order chi connectivity index (χ1) is 16.4. The van der Waals surface area contributed by atoms with Crippen molar-refractivity contribution in [3.63, 3.8) is 0 Å². The van der Waals surface area contributed by atoms with E-state index in [0.29, 0.717) is 28.6 Å². The number of anilines is 2. The lowest BCUT2D eigenvalue weighted by Crippen LogP contribution is -2.17. The maximum Gasteiger partial charge on any atom is 0.291 e. The van der Waals surface area contributed by atoms with Crippen LogP contribution in [0.5, 0.6) is 5.75 Å². The third kappa shape index (κ3) is 5.44. The number of ether oxygens (including phenoxy) is 1. The van der Waals surface area contributed by atoms with Crippen LogP contribution in [-0.4, -0.2) is 16.8 Å². The molecule has 0 atom stereocenters. The standard InChI is InChI=1S/C26H22ClN3O4/c1-16-11-19(12-17(2)24(16)34-15-18-5-3-9-28-14-18)25(31)29-21-8-7-20(27)13-22(21)30-26(32)23-6-4-10-33-23/h3-14H,15H2,1-2H3,(H,29,31)(H,30,32). The Kier molecular flexibility index (Phi) is 6.94. The van der Waals surface area contributed by atoms with Gasteiger partial charge in [-0.25, -0.2) is 0 Å². The van der Waals surface area contributed by atoms with E-state index in [1.165, 1.54) is 6.26 Å². The summed E-state index contributed by atoms with van der Waals surface area (Å²) in [6.07, 6.45) is 4.87. The summed E-state index contributed by atoms with van der Waals surface area (Å²) >= 11 is 6.11. The van der Waals surface area contributed by atoms with Gasteiger partial charge in [0.2, 0.25) is 0 Å². The lowest BCUT2D eigenvalue weighted by molar-refractivity contribution is 0.0993. The first-order valence-electron chi connectivity index (χ1n) is 10.5. The van der Waals surface area contributed by atoms with E-state index in [-0.39, 0.29) is 11.7 Å². The molecule has 2 aromatic heterocycles. The molecule has 0 unspecified atom stereocenters. The molecule has 0 saturated heterocycles. The van der Waals surface area contributed by atoms with Crippen molar-refractivity contribution >= 4 is 34.8 Å². The van der Waals surface area contributed by atoms with Gasteiger partial charge in [0.15, 0.2) is 5.76 Å². The Labute approximate surface area is 201 Å². The zero-order valence-electron chi connectivity index (χ0n) is 18.6. The van der Waals surface area contributed by atoms with Crippen molar-refractivity contribution in [2.45, 2.75) is 20.5 Å². The maximum absolute atomic E-state index is 13.0. The molecule has 0 fully saturated rings. The van der Waals surface area contributed by atoms with Crippen LogP contribution in [0.3, 0.4) is 0 Å². The van der Waals surface area contributed by atoms with E-state index in [4.69, 9.17) is 20.8 Å². The van der Waals surface area contributed by atoms with Gasteiger partial charge in [0, 0.05) is 28.5 Å². The lowest BCUT2D eigenvalue weighted by Gasteiger charge is -2.15. The largest absolute Gasteiger partial charge is 0.488 e. The molecule has 4 rings (SSSR count). The molecule has 0 aliphatic carbocycles. The van der Waals surface area contributed by atoms with Crippen molar-refractivity contribution in [3.05, 3.63) is 106 Å². The third-order valence-corrected chi connectivity index (χ3v) is 5.29. The molecule has 34 heavy (non-hydrogen) atoms. The summed E-state index contributed by atoms with van der Waals surface area (Å²) in [7, 11) is 0. The minimum absolute atomic E-state index is 0.144. The topological polar surface area (TPSA) is 93.5 Å². The highest BCUT2D eigenvalue weighted by Crippen LogP contribution is 2.29. The molecule has 0 saturated carbocycles. The van der Waals surface area contributed by atoms with Gasteiger partial charge in [0.25, 0.3) is 11.8 Å². The van der Waals surface area contributed by atoms with Crippen LogP contribution in [0.1, 0.15) is 37.6 Å². The number of hydrogen-bond acceptors (Lipinski definition) is 5. The van der Waals surface area contributed by atoms with Crippen LogP contribution in [0.15, 0.2) is 77.7 Å². The molecular formula is C26H22ClN3O4. The van der Waals surface area contributed by atoms with E-state index >= 15 is 0 Å². The number of nitrogens with one attached hydrogen (secondary N) is 2. The van der Waals surface area contributed by atoms with Crippen LogP contribution in [-0.2, 0) is 6.61 Å². The summed E-state index contributed by atoms with van der Waals surface area (Å²) in [6.45, 7) is 4.16. The second-order valence-corrected chi connectivity index (χ2v) is 8.10. The Morgan fingerprint density at radius 1 is 0.971 bits per heavy atom. The van der Waals surface area contributed by atoms with E-state index < -0.39 is 5.91 Å². The molecule has 0 bridgehead atoms. The number of aromatic nitrogens is 1. The van der Waals surface area contributed by atoms with Gasteiger partial charge < -0.3 is 19.8 Å². The fraction of sp³-hybridized carbons (Fsp3) is 0.115. The molecule has 0 spiro atoms. The van der Waals surface area contributed by atoms with Gasteiger partial charge >= 0.3 is 0 Å². The monoisotopic (exact) mass is 475 g/mol. The molecule has 2 aromatic carbocycles. The second-order valence-electron chi connectivity index (χ2n) is 7.66. The van der Waals surface area contributed by atoms with Crippen molar-refractivity contribution in [1.82, 2.24) is 4.98 Å². The van der Waals surface area contributed by atoms with Gasteiger partial charge in [0.1, 0.15) is 12.4 Å². The number of carbonyl (C=O) groups excluding carboxylic acids is 2. The van der Waals surface area contributed by atoms with Crippen LogP contribution in [0.2, 0.25) is 5.02 Å². The average Bonchev–Trinajstić information content (AvgIpc) is 3.36. The summed E-state index contributed by atoms with van der Waals surface area (Å²) in [5.41, 5.74) is 3.83. The van der Waals surface area contributed by atoms with Gasteiger partial charge in [-0.15, -0.1) is 0 Å². The van der Waals surface area contributed by atoms with Crippen LogP contribution >= 0.6 is 11.6 Å². The number of carbonyl (C=O) groups is 2. The molecule has 7 nitrogen and oxygen atoms in total. The molecule has 172 valence electrons. The number of rotatable bonds is 7. The zero-order chi connectivity index (χ0) is 24.1. The van der Waals surface area contributed by atoms with Crippen LogP contribution < -0.4 is 15.4 Å². The molecule has 4 aromatic rings. The Morgan fingerprint density at radius 2 is 1.74 bits per heavy atom. The minimum Gasteiger partial charge on any atom is -0.488 e. The number of aryl methyl sites for hydroxylation is 2. The normalized spacial score (nSPS) is 10.6. The highest BCUT2D eigenvalue weighted by Gasteiger charge is 2.16. The molecule has 2 N–H and O–H groups in total. The average molecular weight is 476 g/mol. The van der Waals surface area contributed by atoms with Crippen LogP contribution in [0.4, 0.5) is 11.4 Å². The van der Waals surface area contributed by atoms with Crippen molar-refractivity contribution in [2.24, 2.45) is 0 Å². The first kappa shape index (κ1) is 23.1. The van der Waals surface area contributed by atoms with Crippen LogP contribution in [0, 0.1) is 13.8 Å². The van der Waals surface area contributed by atoms with E-state index in [1.54, 1.807) is 54.9 Å². The number of hydrogen-bond donors (Lipinski definition) is 2. The van der Waals surface area contributed by atoms with E-state index in [1.807, 2.05) is 26.0 Å². The number of benzene rings is 2. The lowest BCUT2D eigenvalue weighted by atomic mass is 10.0. The van der Waals surface area contributed by atoms with Crippen molar-refractivity contribution < 1.29 is 18.7 Å². The van der Waals surface area contributed by atoms with E-state index in [9.17, 15) is 9.59 Å². The summed E-state index contributed by atoms with van der Waals surface area (Å²) in [4.78, 5) is 29.5. The molecule has 2 heterocycles. The number of furan rings is 1. The maximum atomic E-state index is 13.0. The summed E-state index contributed by atoms with van der Waals surface area (Å²) < 4.78 is 11.1. The molecule has 0 aliphatic heterocycles. The Bertz CT molecular complexity index is 1300. The Balaban J connectivity index is 1.51. The summed E-state index contributed by atoms with van der Waals surface area (Å²) in [5, 5.41) is 5.97. The molecule has 0 aliphatic rings. The second kappa shape index (κ2) is 10.2. The Morgan fingerprint density at radius 3 is 2.41 bits per heavy atom. The van der Waals surface area contributed by atoms with E-state index in [2.05, 4.69) is 15.6 Å². The van der Waals surface area contributed by atoms with Gasteiger partial charge in [-0.2, -0.15) is 0 Å². The summed E-state index contributed by atoms with van der Waals surface area (Å²) in [5.74, 6) is 0.0778. The molecule has 2 amide bonds. The predicted octanol–water partition coefficient (Wildman–Crippen LogP) is 6.03. The molecule has 0 radical (unpaired) electrons. The summed E-state index contributed by atoms with van der Waals surface area (Å²) in [6, 6.07) is 15.3. The minimum atomic E-state index is -0.454. The number of nitrogens with zero attached hydrogens (tertiary/aromatic N) is 1. The van der Waals surface area contributed by atoms with Gasteiger partial charge in [0.05, 0.1) is 17.6 Å². The smallest absolute Gasteiger partial charge is 0.291 e. The SMILES string of the molecule is Cc1cc(C(=O)Nc2ccc(Cl)cc2NC(=O)c2ccco2)cc(C)c1OCc1cccnc1. The highest BCUT2D eigenvalue weighted by atomic mass is 35.5.